The molecule has 2 aromatic carbocycles. The Hall–Kier alpha value is -2.16. The van der Waals surface area contributed by atoms with Crippen LogP contribution in [0.25, 0.3) is 10.8 Å². The van der Waals surface area contributed by atoms with Gasteiger partial charge in [-0.1, -0.05) is 43.3 Å². The van der Waals surface area contributed by atoms with Crippen LogP contribution in [0.3, 0.4) is 0 Å². The van der Waals surface area contributed by atoms with Gasteiger partial charge in [-0.3, -0.25) is 9.59 Å². The largest absolute Gasteiger partial charge is 0.426 e. The molecule has 3 heteroatoms. The van der Waals surface area contributed by atoms with Crippen LogP contribution in [0.2, 0.25) is 0 Å². The van der Waals surface area contributed by atoms with Crippen molar-refractivity contribution < 1.29 is 14.3 Å². The van der Waals surface area contributed by atoms with Gasteiger partial charge in [0.15, 0.2) is 0 Å². The molecule has 0 unspecified atom stereocenters. The minimum Gasteiger partial charge on any atom is -0.426 e. The summed E-state index contributed by atoms with van der Waals surface area (Å²) in [5, 5.41) is 1.88. The molecule has 0 aliphatic rings. The molecule has 0 aliphatic carbocycles. The average molecular weight is 256 g/mol. The lowest BCUT2D eigenvalue weighted by atomic mass is 10.1. The Kier molecular flexibility index (Phi) is 4.29. The van der Waals surface area contributed by atoms with Crippen molar-refractivity contribution in [2.24, 2.45) is 0 Å². The maximum atomic E-state index is 11.7. The molecule has 0 atom stereocenters. The van der Waals surface area contributed by atoms with Gasteiger partial charge in [0, 0.05) is 11.8 Å². The van der Waals surface area contributed by atoms with Crippen molar-refractivity contribution in [2.45, 2.75) is 26.2 Å². The van der Waals surface area contributed by atoms with Crippen LogP contribution in [0.4, 0.5) is 0 Å². The van der Waals surface area contributed by atoms with Crippen LogP contribution in [-0.4, -0.2) is 11.8 Å². The van der Waals surface area contributed by atoms with Gasteiger partial charge < -0.3 is 4.74 Å². The quantitative estimate of drug-likeness (QED) is 0.467. The lowest BCUT2D eigenvalue weighted by Gasteiger charge is -2.07. The minimum atomic E-state index is -0.491. The first kappa shape index (κ1) is 13.3. The summed E-state index contributed by atoms with van der Waals surface area (Å²) in [6, 6.07) is 13.2. The Labute approximate surface area is 112 Å². The Morgan fingerprint density at radius 2 is 1.79 bits per heavy atom. The third-order valence-electron chi connectivity index (χ3n) is 2.84. The predicted molar refractivity (Wildman–Crippen MR) is 74.1 cm³/mol. The zero-order chi connectivity index (χ0) is 13.7. The molecule has 0 spiro atoms. The van der Waals surface area contributed by atoms with Gasteiger partial charge in [0.2, 0.25) is 0 Å². The van der Waals surface area contributed by atoms with Gasteiger partial charge in [-0.2, -0.15) is 0 Å². The molecule has 0 fully saturated rings. The second kappa shape index (κ2) is 6.14. The summed E-state index contributed by atoms with van der Waals surface area (Å²) < 4.78 is 5.28. The van der Waals surface area contributed by atoms with Crippen LogP contribution in [-0.2, 0) is 9.59 Å². The number of esters is 1. The highest BCUT2D eigenvalue weighted by atomic mass is 16.5. The monoisotopic (exact) mass is 256 g/mol. The number of rotatable bonds is 5. The van der Waals surface area contributed by atoms with E-state index in [4.69, 9.17) is 4.74 Å². The van der Waals surface area contributed by atoms with E-state index in [0.717, 1.165) is 17.2 Å². The van der Waals surface area contributed by atoms with Crippen LogP contribution >= 0.6 is 0 Å². The summed E-state index contributed by atoms with van der Waals surface area (Å²) in [4.78, 5) is 23.1. The second-order valence-corrected chi connectivity index (χ2v) is 4.42. The number of Topliss-reactive ketones (excluding diaryl/α,β-unsaturated/α-hetero) is 1. The molecule has 2 aromatic rings. The molecule has 0 aliphatic heterocycles. The van der Waals surface area contributed by atoms with Crippen molar-refractivity contribution in [3.05, 3.63) is 42.5 Å². The molecule has 19 heavy (non-hydrogen) atoms. The van der Waals surface area contributed by atoms with Crippen molar-refractivity contribution in [1.29, 1.82) is 0 Å². The van der Waals surface area contributed by atoms with Crippen LogP contribution < -0.4 is 4.74 Å². The first-order valence-corrected chi connectivity index (χ1v) is 6.41. The highest BCUT2D eigenvalue weighted by Crippen LogP contribution is 2.25. The van der Waals surface area contributed by atoms with E-state index in [1.54, 1.807) is 6.07 Å². The normalized spacial score (nSPS) is 10.4. The van der Waals surface area contributed by atoms with E-state index in [2.05, 4.69) is 0 Å². The van der Waals surface area contributed by atoms with Crippen LogP contribution in [0.5, 0.6) is 5.75 Å². The second-order valence-electron chi connectivity index (χ2n) is 4.42. The van der Waals surface area contributed by atoms with Gasteiger partial charge in [0.25, 0.3) is 0 Å². The number of hydrogen-bond acceptors (Lipinski definition) is 3. The van der Waals surface area contributed by atoms with Gasteiger partial charge in [0.05, 0.1) is 0 Å². The highest BCUT2D eigenvalue weighted by Gasteiger charge is 2.12. The Balaban J connectivity index is 2.13. The van der Waals surface area contributed by atoms with Crippen molar-refractivity contribution in [3.63, 3.8) is 0 Å². The number of carbonyl (C=O) groups is 2. The van der Waals surface area contributed by atoms with Gasteiger partial charge in [-0.05, 0) is 17.9 Å². The van der Waals surface area contributed by atoms with E-state index >= 15 is 0 Å². The fourth-order valence-corrected chi connectivity index (χ4v) is 1.97. The molecule has 3 nitrogen and oxygen atoms in total. The third-order valence-corrected chi connectivity index (χ3v) is 2.84. The maximum absolute atomic E-state index is 11.7. The fraction of sp³-hybridized carbons (Fsp3) is 0.250. The zero-order valence-corrected chi connectivity index (χ0v) is 10.9. The topological polar surface area (TPSA) is 43.4 Å². The molecule has 0 N–H and O–H groups in total. The molecule has 2 rings (SSSR count). The lowest BCUT2D eigenvalue weighted by Crippen LogP contribution is -2.13. The van der Waals surface area contributed by atoms with E-state index in [9.17, 15) is 9.59 Å². The summed E-state index contributed by atoms with van der Waals surface area (Å²) in [5.41, 5.74) is 0. The summed E-state index contributed by atoms with van der Waals surface area (Å²) in [6.45, 7) is 1.91. The number of carbonyl (C=O) groups excluding carboxylic acids is 2. The average Bonchev–Trinajstić information content (AvgIpc) is 2.39. The molecule has 0 bridgehead atoms. The number of fused-ring (bicyclic) bond motifs is 1. The Morgan fingerprint density at radius 3 is 2.58 bits per heavy atom. The van der Waals surface area contributed by atoms with Crippen LogP contribution in [0.1, 0.15) is 26.2 Å². The molecular weight excluding hydrogens is 240 g/mol. The van der Waals surface area contributed by atoms with Crippen molar-refractivity contribution in [2.75, 3.05) is 0 Å². The van der Waals surface area contributed by atoms with E-state index in [-0.39, 0.29) is 12.2 Å². The van der Waals surface area contributed by atoms with Gasteiger partial charge in [-0.15, -0.1) is 0 Å². The van der Waals surface area contributed by atoms with Gasteiger partial charge in [-0.25, -0.2) is 0 Å². The van der Waals surface area contributed by atoms with E-state index in [0.29, 0.717) is 12.2 Å². The number of ketones is 1. The molecule has 0 saturated carbocycles. The maximum Gasteiger partial charge on any atom is 0.318 e. The number of hydrogen-bond donors (Lipinski definition) is 0. The van der Waals surface area contributed by atoms with Crippen molar-refractivity contribution in [1.82, 2.24) is 0 Å². The summed E-state index contributed by atoms with van der Waals surface area (Å²) in [7, 11) is 0. The SMILES string of the molecule is CCCC(=O)CC(=O)Oc1cccc2ccccc12. The fourth-order valence-electron chi connectivity index (χ4n) is 1.97. The van der Waals surface area contributed by atoms with E-state index in [1.165, 1.54) is 0 Å². The molecule has 0 heterocycles. The zero-order valence-electron chi connectivity index (χ0n) is 10.9. The Bertz CT molecular complexity index is 596. The summed E-state index contributed by atoms with van der Waals surface area (Å²) in [6.07, 6.45) is 1.02. The van der Waals surface area contributed by atoms with E-state index in [1.807, 2.05) is 43.3 Å². The Morgan fingerprint density at radius 1 is 1.05 bits per heavy atom. The lowest BCUT2D eigenvalue weighted by molar-refractivity contribution is -0.137. The smallest absolute Gasteiger partial charge is 0.318 e. The number of benzene rings is 2. The first-order valence-electron chi connectivity index (χ1n) is 6.41. The van der Waals surface area contributed by atoms with Gasteiger partial charge in [0.1, 0.15) is 18.0 Å². The number of ether oxygens (including phenoxy) is 1. The summed E-state index contributed by atoms with van der Waals surface area (Å²) in [5.74, 6) is -0.0602. The summed E-state index contributed by atoms with van der Waals surface area (Å²) >= 11 is 0. The third kappa shape index (κ3) is 3.41. The minimum absolute atomic E-state index is 0.0762. The molecule has 98 valence electrons. The molecular formula is C16H16O3. The molecule has 0 aromatic heterocycles. The van der Waals surface area contributed by atoms with Crippen LogP contribution in [0.15, 0.2) is 42.5 Å². The molecule has 0 radical (unpaired) electrons. The van der Waals surface area contributed by atoms with Gasteiger partial charge >= 0.3 is 5.97 Å². The molecule has 0 amide bonds. The van der Waals surface area contributed by atoms with Crippen molar-refractivity contribution in [3.8, 4) is 5.75 Å². The first-order chi connectivity index (χ1) is 9.20. The van der Waals surface area contributed by atoms with Crippen molar-refractivity contribution >= 4 is 22.5 Å². The standard InChI is InChI=1S/C16H16O3/c1-2-6-13(17)11-16(18)19-15-10-5-8-12-7-3-4-9-14(12)15/h3-5,7-10H,2,6,11H2,1H3. The predicted octanol–water partition coefficient (Wildman–Crippen LogP) is 3.50. The van der Waals surface area contributed by atoms with Crippen LogP contribution in [0, 0.1) is 0 Å². The van der Waals surface area contributed by atoms with E-state index < -0.39 is 5.97 Å². The highest BCUT2D eigenvalue weighted by molar-refractivity contribution is 5.98. The molecule has 0 saturated heterocycles.